The molecule has 176 valence electrons. The molecule has 0 aromatic heterocycles. The molecule has 2 amide bonds. The van der Waals surface area contributed by atoms with Gasteiger partial charge in [-0.25, -0.2) is 10.9 Å². The van der Waals surface area contributed by atoms with E-state index in [0.717, 1.165) is 0 Å². The molecule has 33 heavy (non-hydrogen) atoms. The number of carbonyl (C=O) groups is 2. The third-order valence-corrected chi connectivity index (χ3v) is 4.47. The number of rotatable bonds is 12. The largest absolute Gasteiger partial charge is 0.497 e. The van der Waals surface area contributed by atoms with Crippen molar-refractivity contribution in [2.24, 2.45) is 10.2 Å². The topological polar surface area (TPSA) is 120 Å². The minimum Gasteiger partial charge on any atom is -0.497 e. The number of methoxy groups -OCH3 is 4. The minimum atomic E-state index is -0.314. The summed E-state index contributed by atoms with van der Waals surface area (Å²) in [5, 5.41) is 7.86. The maximum Gasteiger partial charge on any atom is 0.240 e. The van der Waals surface area contributed by atoms with Gasteiger partial charge in [0.1, 0.15) is 23.0 Å². The Balaban J connectivity index is 1.76. The van der Waals surface area contributed by atoms with Crippen LogP contribution in [-0.2, 0) is 9.59 Å². The summed E-state index contributed by atoms with van der Waals surface area (Å²) in [6.07, 6.45) is 3.54. The summed E-state index contributed by atoms with van der Waals surface area (Å²) in [5.74, 6) is 1.84. The van der Waals surface area contributed by atoms with Gasteiger partial charge in [0.15, 0.2) is 0 Å². The van der Waals surface area contributed by atoms with Gasteiger partial charge < -0.3 is 18.9 Å². The maximum absolute atomic E-state index is 12.0. The molecule has 0 aliphatic heterocycles. The van der Waals surface area contributed by atoms with E-state index in [-0.39, 0.29) is 24.7 Å². The first-order valence-corrected chi connectivity index (χ1v) is 10.1. The maximum atomic E-state index is 12.0. The van der Waals surface area contributed by atoms with E-state index in [1.165, 1.54) is 12.4 Å². The van der Waals surface area contributed by atoms with Gasteiger partial charge in [0, 0.05) is 24.0 Å². The predicted octanol–water partition coefficient (Wildman–Crippen LogP) is 2.49. The van der Waals surface area contributed by atoms with E-state index >= 15 is 0 Å². The van der Waals surface area contributed by atoms with Gasteiger partial charge in [-0.2, -0.15) is 10.2 Å². The molecule has 10 heteroatoms. The van der Waals surface area contributed by atoms with Gasteiger partial charge in [-0.05, 0) is 42.8 Å². The van der Waals surface area contributed by atoms with Crippen LogP contribution in [0, 0.1) is 0 Å². The molecule has 0 aliphatic rings. The van der Waals surface area contributed by atoms with Crippen LogP contribution in [0.4, 0.5) is 0 Å². The third kappa shape index (κ3) is 8.17. The van der Waals surface area contributed by atoms with Crippen LogP contribution >= 0.6 is 0 Å². The summed E-state index contributed by atoms with van der Waals surface area (Å²) >= 11 is 0. The highest BCUT2D eigenvalue weighted by Crippen LogP contribution is 2.23. The molecular formula is C23H28N4O6. The molecule has 0 atom stereocenters. The first-order chi connectivity index (χ1) is 16.0. The van der Waals surface area contributed by atoms with E-state index in [9.17, 15) is 9.59 Å². The van der Waals surface area contributed by atoms with Gasteiger partial charge in [-0.1, -0.05) is 0 Å². The van der Waals surface area contributed by atoms with Crippen LogP contribution in [-0.4, -0.2) is 52.7 Å². The van der Waals surface area contributed by atoms with E-state index in [1.54, 1.807) is 64.8 Å². The Hall–Kier alpha value is -4.08. The third-order valence-electron chi connectivity index (χ3n) is 4.47. The summed E-state index contributed by atoms with van der Waals surface area (Å²) < 4.78 is 20.8. The zero-order valence-corrected chi connectivity index (χ0v) is 19.1. The number of nitrogens with zero attached hydrogens (tertiary/aromatic N) is 2. The Morgan fingerprint density at radius 3 is 1.52 bits per heavy atom. The molecule has 10 nitrogen and oxygen atoms in total. The van der Waals surface area contributed by atoms with Crippen molar-refractivity contribution in [1.29, 1.82) is 0 Å². The van der Waals surface area contributed by atoms with Gasteiger partial charge in [0.05, 0.1) is 40.9 Å². The van der Waals surface area contributed by atoms with Crippen LogP contribution in [0.1, 0.15) is 30.4 Å². The molecule has 0 saturated carbocycles. The van der Waals surface area contributed by atoms with Crippen LogP contribution in [0.5, 0.6) is 23.0 Å². The summed E-state index contributed by atoms with van der Waals surface area (Å²) in [6.45, 7) is 0. The lowest BCUT2D eigenvalue weighted by atomic mass is 10.2. The molecule has 0 bridgehead atoms. The van der Waals surface area contributed by atoms with Crippen LogP contribution in [0.3, 0.4) is 0 Å². The van der Waals surface area contributed by atoms with Crippen molar-refractivity contribution >= 4 is 24.2 Å². The standard InChI is InChI=1S/C23H28N4O6/c1-30-18-8-10-20(32-3)16(12-18)14-24-26-22(28)6-5-7-23(29)27-25-15-17-13-19(31-2)9-11-21(17)33-4/h8-15H,5-7H2,1-4H3,(H,26,28)(H,27,29). The molecule has 0 fully saturated rings. The highest BCUT2D eigenvalue weighted by Gasteiger charge is 2.06. The molecular weight excluding hydrogens is 428 g/mol. The average molecular weight is 456 g/mol. The Bertz CT molecular complexity index is 927. The Kier molecular flexibility index (Phi) is 10.2. The van der Waals surface area contributed by atoms with Gasteiger partial charge >= 0.3 is 0 Å². The fourth-order valence-electron chi connectivity index (χ4n) is 2.75. The lowest BCUT2D eigenvalue weighted by Gasteiger charge is -2.07. The predicted molar refractivity (Wildman–Crippen MR) is 124 cm³/mol. The highest BCUT2D eigenvalue weighted by atomic mass is 16.5. The Morgan fingerprint density at radius 1 is 0.727 bits per heavy atom. The number of benzene rings is 2. The first-order valence-electron chi connectivity index (χ1n) is 10.1. The van der Waals surface area contributed by atoms with E-state index in [1.807, 2.05) is 0 Å². The molecule has 0 heterocycles. The van der Waals surface area contributed by atoms with Crippen molar-refractivity contribution in [3.8, 4) is 23.0 Å². The van der Waals surface area contributed by atoms with Gasteiger partial charge in [-0.15, -0.1) is 0 Å². The molecule has 2 aromatic rings. The monoisotopic (exact) mass is 456 g/mol. The van der Waals surface area contributed by atoms with Crippen LogP contribution < -0.4 is 29.8 Å². The number of hydrogen-bond donors (Lipinski definition) is 2. The normalized spacial score (nSPS) is 10.8. The molecule has 0 unspecified atom stereocenters. The Morgan fingerprint density at radius 2 is 1.15 bits per heavy atom. The fraction of sp³-hybridized carbons (Fsp3) is 0.304. The lowest BCUT2D eigenvalue weighted by molar-refractivity contribution is -0.122. The van der Waals surface area contributed by atoms with Crippen molar-refractivity contribution in [3.05, 3.63) is 47.5 Å². The molecule has 0 spiro atoms. The summed E-state index contributed by atoms with van der Waals surface area (Å²) in [4.78, 5) is 23.9. The smallest absolute Gasteiger partial charge is 0.240 e. The van der Waals surface area contributed by atoms with Crippen molar-refractivity contribution in [1.82, 2.24) is 10.9 Å². The lowest BCUT2D eigenvalue weighted by Crippen LogP contribution is -2.20. The van der Waals surface area contributed by atoms with Gasteiger partial charge in [0.2, 0.25) is 11.8 Å². The molecule has 0 aliphatic carbocycles. The van der Waals surface area contributed by atoms with Gasteiger partial charge in [-0.3, -0.25) is 9.59 Å². The van der Waals surface area contributed by atoms with Crippen molar-refractivity contribution in [2.45, 2.75) is 19.3 Å². The SMILES string of the molecule is COc1ccc(OC)c(C=NNC(=O)CCCC(=O)NN=Cc2cc(OC)ccc2OC)c1. The fourth-order valence-corrected chi connectivity index (χ4v) is 2.75. The second kappa shape index (κ2) is 13.4. The van der Waals surface area contributed by atoms with Crippen molar-refractivity contribution < 1.29 is 28.5 Å². The van der Waals surface area contributed by atoms with Crippen molar-refractivity contribution in [3.63, 3.8) is 0 Å². The minimum absolute atomic E-state index is 0.132. The summed E-state index contributed by atoms with van der Waals surface area (Å²) in [5.41, 5.74) is 6.17. The Labute approximate surface area is 192 Å². The molecule has 2 aromatic carbocycles. The van der Waals surface area contributed by atoms with E-state index in [0.29, 0.717) is 40.5 Å². The highest BCUT2D eigenvalue weighted by molar-refractivity contribution is 5.87. The number of hydrazone groups is 2. The van der Waals surface area contributed by atoms with Crippen LogP contribution in [0.2, 0.25) is 0 Å². The summed E-state index contributed by atoms with van der Waals surface area (Å²) in [6, 6.07) is 10.5. The quantitative estimate of drug-likeness (QED) is 0.374. The number of ether oxygens (including phenoxy) is 4. The van der Waals surface area contributed by atoms with E-state index in [4.69, 9.17) is 18.9 Å². The summed E-state index contributed by atoms with van der Waals surface area (Å²) in [7, 11) is 6.20. The second-order valence-electron chi connectivity index (χ2n) is 6.66. The van der Waals surface area contributed by atoms with Crippen LogP contribution in [0.15, 0.2) is 46.6 Å². The average Bonchev–Trinajstić information content (AvgIpc) is 2.83. The zero-order valence-electron chi connectivity index (χ0n) is 19.1. The van der Waals surface area contributed by atoms with E-state index < -0.39 is 0 Å². The molecule has 0 radical (unpaired) electrons. The number of carbonyl (C=O) groups excluding carboxylic acids is 2. The molecule has 2 N–H and O–H groups in total. The molecule has 2 rings (SSSR count). The first kappa shape index (κ1) is 25.2. The zero-order chi connectivity index (χ0) is 24.1. The number of nitrogens with one attached hydrogen (secondary N) is 2. The second-order valence-corrected chi connectivity index (χ2v) is 6.66. The number of hydrogen-bond acceptors (Lipinski definition) is 8. The van der Waals surface area contributed by atoms with Crippen LogP contribution in [0.25, 0.3) is 0 Å². The molecule has 0 saturated heterocycles. The van der Waals surface area contributed by atoms with Gasteiger partial charge in [0.25, 0.3) is 0 Å². The van der Waals surface area contributed by atoms with E-state index in [2.05, 4.69) is 21.1 Å². The number of amides is 2. The van der Waals surface area contributed by atoms with Crippen molar-refractivity contribution in [2.75, 3.05) is 28.4 Å².